The maximum absolute atomic E-state index is 13.0. The van der Waals surface area contributed by atoms with Crippen molar-refractivity contribution in [1.82, 2.24) is 20.0 Å². The second-order valence-electron chi connectivity index (χ2n) is 11.8. The first-order valence-corrected chi connectivity index (χ1v) is 16.1. The van der Waals surface area contributed by atoms with Crippen LogP contribution < -0.4 is 20.3 Å². The summed E-state index contributed by atoms with van der Waals surface area (Å²) in [5.74, 6) is -0.439. The van der Waals surface area contributed by atoms with Crippen LogP contribution in [0.4, 0.5) is 11.6 Å². The molecule has 1 aromatic heterocycles. The second kappa shape index (κ2) is 13.1. The van der Waals surface area contributed by atoms with E-state index in [-0.39, 0.29) is 11.4 Å². The summed E-state index contributed by atoms with van der Waals surface area (Å²) in [5, 5.41) is 6.19. The van der Waals surface area contributed by atoms with Gasteiger partial charge in [-0.25, -0.2) is 13.4 Å². The zero-order valence-electron chi connectivity index (χ0n) is 25.0. The number of fused-ring (bicyclic) bond motifs is 1. The van der Waals surface area contributed by atoms with Gasteiger partial charge in [0, 0.05) is 36.9 Å². The zero-order chi connectivity index (χ0) is 31.3. The van der Waals surface area contributed by atoms with Crippen molar-refractivity contribution in [3.8, 4) is 0 Å². The van der Waals surface area contributed by atoms with Crippen molar-refractivity contribution in [1.29, 1.82) is 0 Å². The fourth-order valence-corrected chi connectivity index (χ4v) is 6.22. The lowest BCUT2D eigenvalue weighted by molar-refractivity contribution is -0.156. The van der Waals surface area contributed by atoms with E-state index in [0.29, 0.717) is 11.6 Å². The van der Waals surface area contributed by atoms with E-state index in [4.69, 9.17) is 4.74 Å². The van der Waals surface area contributed by atoms with E-state index in [1.807, 2.05) is 36.4 Å². The molecule has 0 spiro atoms. The Morgan fingerprint density at radius 3 is 2.30 bits per heavy atom. The Hall–Kier alpha value is -4.42. The van der Waals surface area contributed by atoms with Crippen LogP contribution in [0.25, 0.3) is 11.0 Å². The molecular formula is C32H38N6O5S. The third-order valence-electron chi connectivity index (χ3n) is 7.23. The number of nitrogens with one attached hydrogen (secondary N) is 4. The second-order valence-corrected chi connectivity index (χ2v) is 13.5. The first kappa shape index (κ1) is 31.0. The highest BCUT2D eigenvalue weighted by molar-refractivity contribution is 7.89. The molecule has 1 saturated heterocycles. The Kier molecular flexibility index (Phi) is 9.21. The van der Waals surface area contributed by atoms with Gasteiger partial charge in [0.05, 0.1) is 15.9 Å². The van der Waals surface area contributed by atoms with E-state index in [1.54, 1.807) is 51.1 Å². The highest BCUT2D eigenvalue weighted by Crippen LogP contribution is 2.23. The molecule has 1 atom stereocenters. The number of rotatable bonds is 10. The standard InChI is InChI=1S/C32H38N6O5S/c1-32(2,3)43-30(40)28(37-44(41,42)25-9-5-4-6-10-25)21-33-29(39)22-13-15-24(16-14-22)38-19-17-23(18-20-38)34-31-35-26-11-7-8-12-27(26)36-31/h4-16,23,28,37H,17-21H2,1-3H3,(H,33,39)(H2,34,35,36)/t28-/m0/s1. The monoisotopic (exact) mass is 618 g/mol. The number of anilines is 2. The molecule has 1 fully saturated rings. The number of carbonyl (C=O) groups is 2. The van der Waals surface area contributed by atoms with Gasteiger partial charge < -0.3 is 25.3 Å². The van der Waals surface area contributed by atoms with Crippen LogP contribution in [0.3, 0.4) is 0 Å². The number of piperidine rings is 1. The van der Waals surface area contributed by atoms with E-state index in [2.05, 4.69) is 30.2 Å². The number of aromatic amines is 1. The van der Waals surface area contributed by atoms with Gasteiger partial charge in [0.15, 0.2) is 0 Å². The molecular weight excluding hydrogens is 580 g/mol. The predicted molar refractivity (Wildman–Crippen MR) is 170 cm³/mol. The predicted octanol–water partition coefficient (Wildman–Crippen LogP) is 4.06. The van der Waals surface area contributed by atoms with Gasteiger partial charge in [0.25, 0.3) is 5.91 Å². The summed E-state index contributed by atoms with van der Waals surface area (Å²) < 4.78 is 33.6. The average molecular weight is 619 g/mol. The molecule has 3 aromatic carbocycles. The van der Waals surface area contributed by atoms with Gasteiger partial charge in [-0.1, -0.05) is 30.3 Å². The lowest BCUT2D eigenvalue weighted by Crippen LogP contribution is -2.50. The number of imidazole rings is 1. The smallest absolute Gasteiger partial charge is 0.326 e. The highest BCUT2D eigenvalue weighted by atomic mass is 32.2. The number of hydrogen-bond acceptors (Lipinski definition) is 8. The van der Waals surface area contributed by atoms with Gasteiger partial charge in [-0.2, -0.15) is 4.72 Å². The molecule has 4 aromatic rings. The molecule has 0 aliphatic carbocycles. The molecule has 11 nitrogen and oxygen atoms in total. The molecule has 12 heteroatoms. The maximum atomic E-state index is 13.0. The van der Waals surface area contributed by atoms with Crippen LogP contribution >= 0.6 is 0 Å². The van der Waals surface area contributed by atoms with E-state index in [9.17, 15) is 18.0 Å². The third kappa shape index (κ3) is 7.94. The van der Waals surface area contributed by atoms with Gasteiger partial charge in [-0.3, -0.25) is 9.59 Å². The van der Waals surface area contributed by atoms with Crippen molar-refractivity contribution in [2.75, 3.05) is 29.9 Å². The minimum atomic E-state index is -4.04. The van der Waals surface area contributed by atoms with Gasteiger partial charge in [0.2, 0.25) is 16.0 Å². The Bertz CT molecular complexity index is 1660. The summed E-state index contributed by atoms with van der Waals surface area (Å²) in [4.78, 5) is 36.1. The number of H-pyrrole nitrogens is 1. The van der Waals surface area contributed by atoms with E-state index in [0.717, 1.165) is 48.6 Å². The van der Waals surface area contributed by atoms with Crippen LogP contribution in [0.2, 0.25) is 0 Å². The fourth-order valence-electron chi connectivity index (χ4n) is 5.02. The van der Waals surface area contributed by atoms with Crippen molar-refractivity contribution >= 4 is 44.6 Å². The summed E-state index contributed by atoms with van der Waals surface area (Å²) in [6.07, 6.45) is 1.87. The Morgan fingerprint density at radius 1 is 0.977 bits per heavy atom. The van der Waals surface area contributed by atoms with Gasteiger partial charge in [-0.05, 0) is 82.1 Å². The summed E-state index contributed by atoms with van der Waals surface area (Å²) in [7, 11) is -4.04. The summed E-state index contributed by atoms with van der Waals surface area (Å²) in [6, 6.07) is 21.9. The van der Waals surface area contributed by atoms with Crippen LogP contribution in [-0.2, 0) is 19.6 Å². The molecule has 1 aliphatic rings. The Labute approximate surface area is 257 Å². The summed E-state index contributed by atoms with van der Waals surface area (Å²) in [5.41, 5.74) is 2.50. The minimum absolute atomic E-state index is 0.00446. The van der Waals surface area contributed by atoms with Gasteiger partial charge >= 0.3 is 5.97 Å². The number of amides is 1. The average Bonchev–Trinajstić information content (AvgIpc) is 3.41. The topological polar surface area (TPSA) is 146 Å². The highest BCUT2D eigenvalue weighted by Gasteiger charge is 2.30. The number of aromatic nitrogens is 2. The van der Waals surface area contributed by atoms with Crippen LogP contribution in [0.1, 0.15) is 44.0 Å². The molecule has 0 unspecified atom stereocenters. The number of benzene rings is 3. The lowest BCUT2D eigenvalue weighted by Gasteiger charge is -2.34. The molecule has 0 radical (unpaired) electrons. The first-order valence-electron chi connectivity index (χ1n) is 14.6. The Balaban J connectivity index is 1.16. The SMILES string of the molecule is CC(C)(C)OC(=O)[C@H](CNC(=O)c1ccc(N2CCC(Nc3nc4ccccc4[nH]3)CC2)cc1)NS(=O)(=O)c1ccccc1. The molecule has 1 aliphatic heterocycles. The largest absolute Gasteiger partial charge is 0.459 e. The molecule has 2 heterocycles. The van der Waals surface area contributed by atoms with Gasteiger partial charge in [-0.15, -0.1) is 0 Å². The van der Waals surface area contributed by atoms with Crippen molar-refractivity contribution in [3.63, 3.8) is 0 Å². The molecule has 4 N–H and O–H groups in total. The minimum Gasteiger partial charge on any atom is -0.459 e. The van der Waals surface area contributed by atoms with Crippen LogP contribution in [-0.4, -0.2) is 67.6 Å². The van der Waals surface area contributed by atoms with E-state index < -0.39 is 33.5 Å². The molecule has 0 bridgehead atoms. The Morgan fingerprint density at radius 2 is 1.64 bits per heavy atom. The summed E-state index contributed by atoms with van der Waals surface area (Å²) >= 11 is 0. The van der Waals surface area contributed by atoms with E-state index >= 15 is 0 Å². The fraction of sp³-hybridized carbons (Fsp3) is 0.344. The molecule has 5 rings (SSSR count). The van der Waals surface area contributed by atoms with Crippen molar-refractivity contribution in [2.45, 2.75) is 56.2 Å². The normalized spacial score (nSPS) is 15.1. The van der Waals surface area contributed by atoms with Gasteiger partial charge in [0.1, 0.15) is 11.6 Å². The van der Waals surface area contributed by atoms with Crippen LogP contribution in [0.5, 0.6) is 0 Å². The van der Waals surface area contributed by atoms with E-state index in [1.165, 1.54) is 12.1 Å². The van der Waals surface area contributed by atoms with Crippen molar-refractivity contribution < 1.29 is 22.7 Å². The number of para-hydroxylation sites is 2. The van der Waals surface area contributed by atoms with Crippen LogP contribution in [0, 0.1) is 0 Å². The number of esters is 1. The maximum Gasteiger partial charge on any atom is 0.326 e. The number of sulfonamides is 1. The number of nitrogens with zero attached hydrogens (tertiary/aromatic N) is 2. The number of ether oxygens (including phenoxy) is 1. The molecule has 0 saturated carbocycles. The number of hydrogen-bond donors (Lipinski definition) is 4. The molecule has 44 heavy (non-hydrogen) atoms. The lowest BCUT2D eigenvalue weighted by atomic mass is 10.0. The number of carbonyl (C=O) groups excluding carboxylic acids is 2. The zero-order valence-corrected chi connectivity index (χ0v) is 25.9. The van der Waals surface area contributed by atoms with Crippen molar-refractivity contribution in [2.24, 2.45) is 0 Å². The molecule has 232 valence electrons. The quantitative estimate of drug-likeness (QED) is 0.195. The molecule has 1 amide bonds. The van der Waals surface area contributed by atoms with Crippen molar-refractivity contribution in [3.05, 3.63) is 84.4 Å². The summed E-state index contributed by atoms with van der Waals surface area (Å²) in [6.45, 7) is 6.48. The first-order chi connectivity index (χ1) is 21.0. The third-order valence-corrected chi connectivity index (χ3v) is 8.72. The van der Waals surface area contributed by atoms with Crippen LogP contribution in [0.15, 0.2) is 83.8 Å².